The molecule has 0 fully saturated rings. The van der Waals surface area contributed by atoms with Gasteiger partial charge in [0.2, 0.25) is 0 Å². The van der Waals surface area contributed by atoms with Crippen molar-refractivity contribution >= 4 is 34.2 Å². The highest BCUT2D eigenvalue weighted by molar-refractivity contribution is 6.32. The zero-order valence-corrected chi connectivity index (χ0v) is 15.4. The van der Waals surface area contributed by atoms with E-state index >= 15 is 0 Å². The number of benzene rings is 2. The van der Waals surface area contributed by atoms with Gasteiger partial charge < -0.3 is 5.32 Å². The molecular weight excluding hydrogens is 336 g/mol. The molecule has 0 unspecified atom stereocenters. The minimum atomic E-state index is -0.167. The minimum Gasteiger partial charge on any atom is -0.321 e. The summed E-state index contributed by atoms with van der Waals surface area (Å²) in [5.74, 6) is -0.167. The summed E-state index contributed by atoms with van der Waals surface area (Å²) in [5, 5.41) is 11.9. The second kappa shape index (κ2) is 7.23. The lowest BCUT2D eigenvalue weighted by Crippen LogP contribution is -2.15. The number of halogens is 1. The van der Waals surface area contributed by atoms with Crippen LogP contribution >= 0.6 is 11.6 Å². The van der Waals surface area contributed by atoms with Gasteiger partial charge in [0.25, 0.3) is 5.91 Å². The number of aromatic nitrogens is 3. The van der Waals surface area contributed by atoms with Gasteiger partial charge in [-0.2, -0.15) is 0 Å². The predicted molar refractivity (Wildman–Crippen MR) is 101 cm³/mol. The lowest BCUT2D eigenvalue weighted by atomic mass is 10.0. The molecule has 1 aromatic heterocycles. The number of carbonyl (C=O) groups is 1. The first kappa shape index (κ1) is 17.4. The molecule has 0 spiro atoms. The molecule has 0 atom stereocenters. The van der Waals surface area contributed by atoms with Gasteiger partial charge >= 0.3 is 0 Å². The van der Waals surface area contributed by atoms with Crippen LogP contribution in [-0.2, 0) is 19.4 Å². The van der Waals surface area contributed by atoms with E-state index in [1.807, 2.05) is 32.0 Å². The van der Waals surface area contributed by atoms with E-state index in [1.165, 1.54) is 0 Å². The van der Waals surface area contributed by atoms with Gasteiger partial charge in [-0.3, -0.25) is 4.79 Å². The van der Waals surface area contributed by atoms with Crippen molar-refractivity contribution in [3.05, 3.63) is 52.0 Å². The highest BCUT2D eigenvalue weighted by atomic mass is 35.5. The van der Waals surface area contributed by atoms with Crippen molar-refractivity contribution in [2.75, 3.05) is 5.32 Å². The van der Waals surface area contributed by atoms with Crippen LogP contribution in [0.1, 0.15) is 42.3 Å². The Morgan fingerprint density at radius 2 is 1.96 bits per heavy atom. The van der Waals surface area contributed by atoms with Crippen molar-refractivity contribution in [2.24, 2.45) is 0 Å². The van der Waals surface area contributed by atoms with Crippen LogP contribution in [0.3, 0.4) is 0 Å². The summed E-state index contributed by atoms with van der Waals surface area (Å²) < 4.78 is 1.80. The van der Waals surface area contributed by atoms with E-state index in [1.54, 1.807) is 16.8 Å². The molecule has 25 heavy (non-hydrogen) atoms. The van der Waals surface area contributed by atoms with E-state index < -0.39 is 0 Å². The minimum absolute atomic E-state index is 0.167. The van der Waals surface area contributed by atoms with Gasteiger partial charge in [0.15, 0.2) is 0 Å². The lowest BCUT2D eigenvalue weighted by molar-refractivity contribution is 0.102. The Hall–Kier alpha value is -2.40. The van der Waals surface area contributed by atoms with Crippen LogP contribution in [0.15, 0.2) is 30.3 Å². The maximum absolute atomic E-state index is 12.8. The molecule has 0 saturated heterocycles. The highest BCUT2D eigenvalue weighted by Crippen LogP contribution is 2.30. The van der Waals surface area contributed by atoms with Crippen LogP contribution in [0.4, 0.5) is 5.69 Å². The number of aryl methyl sites for hydroxylation is 2. The van der Waals surface area contributed by atoms with Crippen molar-refractivity contribution in [1.29, 1.82) is 0 Å². The Labute approximate surface area is 152 Å². The molecule has 0 aliphatic heterocycles. The van der Waals surface area contributed by atoms with Gasteiger partial charge in [0.05, 0.1) is 5.52 Å². The monoisotopic (exact) mass is 356 g/mol. The smallest absolute Gasteiger partial charge is 0.255 e. The molecule has 3 aromatic rings. The summed E-state index contributed by atoms with van der Waals surface area (Å²) in [6.07, 6.45) is 1.58. The first-order valence-electron chi connectivity index (χ1n) is 8.53. The van der Waals surface area contributed by atoms with E-state index in [0.29, 0.717) is 16.1 Å². The topological polar surface area (TPSA) is 59.8 Å². The van der Waals surface area contributed by atoms with Crippen molar-refractivity contribution < 1.29 is 4.79 Å². The standard InChI is InChI=1S/C19H21ClN4O/c1-4-12-7-9-15(20)14(5-2)18(12)21-19(25)13-8-10-17-16(11-13)22-23-24(17)6-3/h7-11H,4-6H2,1-3H3,(H,21,25). The Morgan fingerprint density at radius 3 is 2.64 bits per heavy atom. The molecule has 0 aliphatic carbocycles. The number of hydrogen-bond acceptors (Lipinski definition) is 3. The Morgan fingerprint density at radius 1 is 1.16 bits per heavy atom. The number of anilines is 1. The molecule has 1 N–H and O–H groups in total. The number of carbonyl (C=O) groups excluding carboxylic acids is 1. The highest BCUT2D eigenvalue weighted by Gasteiger charge is 2.15. The third-order valence-electron chi connectivity index (χ3n) is 4.39. The summed E-state index contributed by atoms with van der Waals surface area (Å²) >= 11 is 6.31. The maximum atomic E-state index is 12.8. The van der Waals surface area contributed by atoms with Crippen LogP contribution < -0.4 is 5.32 Å². The number of nitrogens with zero attached hydrogens (tertiary/aromatic N) is 3. The van der Waals surface area contributed by atoms with Crippen LogP contribution in [0.2, 0.25) is 5.02 Å². The van der Waals surface area contributed by atoms with Crippen LogP contribution in [0.5, 0.6) is 0 Å². The van der Waals surface area contributed by atoms with E-state index in [-0.39, 0.29) is 5.91 Å². The predicted octanol–water partition coefficient (Wildman–Crippen LogP) is 4.48. The largest absolute Gasteiger partial charge is 0.321 e. The lowest BCUT2D eigenvalue weighted by Gasteiger charge is -2.16. The van der Waals surface area contributed by atoms with Gasteiger partial charge in [-0.1, -0.05) is 36.7 Å². The first-order valence-corrected chi connectivity index (χ1v) is 8.91. The van der Waals surface area contributed by atoms with Gasteiger partial charge in [0, 0.05) is 22.8 Å². The van der Waals surface area contributed by atoms with E-state index in [0.717, 1.165) is 41.7 Å². The third-order valence-corrected chi connectivity index (χ3v) is 4.74. The number of nitrogens with one attached hydrogen (secondary N) is 1. The number of rotatable bonds is 5. The summed E-state index contributed by atoms with van der Waals surface area (Å²) in [7, 11) is 0. The molecule has 0 radical (unpaired) electrons. The second-order valence-corrected chi connectivity index (χ2v) is 6.24. The number of amides is 1. The van der Waals surface area contributed by atoms with Gasteiger partial charge in [-0.05, 0) is 55.2 Å². The van der Waals surface area contributed by atoms with E-state index in [2.05, 4.69) is 22.6 Å². The second-order valence-electron chi connectivity index (χ2n) is 5.83. The van der Waals surface area contributed by atoms with Gasteiger partial charge in [-0.15, -0.1) is 5.10 Å². The SMILES string of the molecule is CCc1ccc(Cl)c(CC)c1NC(=O)c1ccc2c(c1)nnn2CC. The molecule has 0 bridgehead atoms. The zero-order chi connectivity index (χ0) is 18.0. The molecule has 2 aromatic carbocycles. The summed E-state index contributed by atoms with van der Waals surface area (Å²) in [5.41, 5.74) is 5.05. The average Bonchev–Trinajstić information content (AvgIpc) is 3.04. The molecule has 0 saturated carbocycles. The van der Waals surface area contributed by atoms with Crippen LogP contribution in [0, 0.1) is 0 Å². The van der Waals surface area contributed by atoms with E-state index in [9.17, 15) is 4.79 Å². The zero-order valence-electron chi connectivity index (χ0n) is 14.6. The van der Waals surface area contributed by atoms with Gasteiger partial charge in [0.1, 0.15) is 5.52 Å². The quantitative estimate of drug-likeness (QED) is 0.733. The molecule has 3 rings (SSSR count). The van der Waals surface area contributed by atoms with Crippen molar-refractivity contribution in [2.45, 2.75) is 40.2 Å². The molecule has 1 amide bonds. The Bertz CT molecular complexity index is 933. The third kappa shape index (κ3) is 3.24. The molecule has 1 heterocycles. The Balaban J connectivity index is 1.96. The summed E-state index contributed by atoms with van der Waals surface area (Å²) in [6, 6.07) is 9.31. The van der Waals surface area contributed by atoms with Gasteiger partial charge in [-0.25, -0.2) is 4.68 Å². The fraction of sp³-hybridized carbons (Fsp3) is 0.316. The fourth-order valence-corrected chi connectivity index (χ4v) is 3.29. The first-order chi connectivity index (χ1) is 12.1. The van der Waals surface area contributed by atoms with Crippen molar-refractivity contribution in [3.63, 3.8) is 0 Å². The molecular formula is C19H21ClN4O. The average molecular weight is 357 g/mol. The fourth-order valence-electron chi connectivity index (χ4n) is 3.00. The summed E-state index contributed by atoms with van der Waals surface area (Å²) in [6.45, 7) is 6.84. The number of hydrogen-bond donors (Lipinski definition) is 1. The van der Waals surface area contributed by atoms with Crippen LogP contribution in [0.25, 0.3) is 11.0 Å². The summed E-state index contributed by atoms with van der Waals surface area (Å²) in [4.78, 5) is 12.8. The van der Waals surface area contributed by atoms with Crippen LogP contribution in [-0.4, -0.2) is 20.9 Å². The normalized spacial score (nSPS) is 11.0. The number of fused-ring (bicyclic) bond motifs is 1. The molecule has 5 nitrogen and oxygen atoms in total. The molecule has 6 heteroatoms. The maximum Gasteiger partial charge on any atom is 0.255 e. The Kier molecular flexibility index (Phi) is 5.04. The molecule has 0 aliphatic rings. The van der Waals surface area contributed by atoms with E-state index in [4.69, 9.17) is 11.6 Å². The van der Waals surface area contributed by atoms with Crippen molar-refractivity contribution in [3.8, 4) is 0 Å². The molecule has 130 valence electrons. The van der Waals surface area contributed by atoms with Crippen molar-refractivity contribution in [1.82, 2.24) is 15.0 Å².